The van der Waals surface area contributed by atoms with Crippen LogP contribution in [0.15, 0.2) is 48.0 Å². The smallest absolute Gasteiger partial charge is 0.335 e. The van der Waals surface area contributed by atoms with Crippen LogP contribution in [0.25, 0.3) is 6.08 Å². The third kappa shape index (κ3) is 4.31. The number of barbiturate groups is 1. The van der Waals surface area contributed by atoms with Gasteiger partial charge in [-0.25, -0.2) is 9.69 Å². The molecule has 4 amide bonds. The summed E-state index contributed by atoms with van der Waals surface area (Å²) in [6.07, 6.45) is 1.08. The molecule has 0 radical (unpaired) electrons. The van der Waals surface area contributed by atoms with Crippen molar-refractivity contribution >= 4 is 46.9 Å². The lowest BCUT2D eigenvalue weighted by molar-refractivity contribution is -0.384. The van der Waals surface area contributed by atoms with Crippen molar-refractivity contribution in [1.29, 1.82) is 0 Å². The third-order valence-corrected chi connectivity index (χ3v) is 4.27. The van der Waals surface area contributed by atoms with Crippen molar-refractivity contribution in [3.8, 4) is 5.75 Å². The van der Waals surface area contributed by atoms with E-state index in [1.807, 2.05) is 13.8 Å². The minimum absolute atomic E-state index is 0.0464. The van der Waals surface area contributed by atoms with Crippen molar-refractivity contribution in [2.45, 2.75) is 20.0 Å². The second-order valence-corrected chi connectivity index (χ2v) is 7.02. The van der Waals surface area contributed by atoms with Crippen LogP contribution in [0.1, 0.15) is 19.4 Å². The molecular formula is C20H16ClN3O6. The van der Waals surface area contributed by atoms with Crippen LogP contribution in [0.3, 0.4) is 0 Å². The third-order valence-electron chi connectivity index (χ3n) is 4.03. The van der Waals surface area contributed by atoms with Crippen LogP contribution in [0.5, 0.6) is 5.75 Å². The summed E-state index contributed by atoms with van der Waals surface area (Å²) < 4.78 is 5.69. The highest BCUT2D eigenvalue weighted by atomic mass is 35.5. The summed E-state index contributed by atoms with van der Waals surface area (Å²) in [5, 5.41) is 13.4. The van der Waals surface area contributed by atoms with Crippen molar-refractivity contribution in [3.05, 3.63) is 68.7 Å². The number of hydrogen-bond acceptors (Lipinski definition) is 6. The molecule has 1 aliphatic rings. The van der Waals surface area contributed by atoms with Crippen LogP contribution in [-0.4, -0.2) is 28.9 Å². The van der Waals surface area contributed by atoms with Crippen LogP contribution in [-0.2, 0) is 9.59 Å². The van der Waals surface area contributed by atoms with Gasteiger partial charge in [0.1, 0.15) is 11.3 Å². The Morgan fingerprint density at radius 2 is 1.90 bits per heavy atom. The minimum Gasteiger partial charge on any atom is -0.490 e. The van der Waals surface area contributed by atoms with Crippen LogP contribution in [0, 0.1) is 10.1 Å². The van der Waals surface area contributed by atoms with E-state index in [0.29, 0.717) is 21.2 Å². The average molecular weight is 430 g/mol. The molecule has 1 aliphatic heterocycles. The Labute approximate surface area is 176 Å². The fraction of sp³-hybridized carbons (Fsp3) is 0.150. The van der Waals surface area contributed by atoms with Crippen LogP contribution in [0.4, 0.5) is 16.2 Å². The predicted molar refractivity (Wildman–Crippen MR) is 109 cm³/mol. The number of carbonyl (C=O) groups excluding carboxylic acids is 3. The SMILES string of the molecule is CC(C)Oc1ccc(Cl)cc1/C=C1\C(=O)NC(=O)N(c2cccc([N+](=O)[O-])c2)C1=O. The number of rotatable bonds is 5. The molecule has 0 aromatic heterocycles. The van der Waals surface area contributed by atoms with Crippen molar-refractivity contribution in [3.63, 3.8) is 0 Å². The summed E-state index contributed by atoms with van der Waals surface area (Å²) in [6.45, 7) is 3.62. The van der Waals surface area contributed by atoms with E-state index in [2.05, 4.69) is 5.32 Å². The first-order valence-electron chi connectivity index (χ1n) is 8.79. The lowest BCUT2D eigenvalue weighted by atomic mass is 10.1. The Kier molecular flexibility index (Phi) is 5.84. The minimum atomic E-state index is -1.01. The van der Waals surface area contributed by atoms with E-state index in [9.17, 15) is 24.5 Å². The molecule has 0 spiro atoms. The van der Waals surface area contributed by atoms with E-state index in [-0.39, 0.29) is 23.1 Å². The molecule has 154 valence electrons. The molecule has 10 heteroatoms. The molecule has 0 unspecified atom stereocenters. The van der Waals surface area contributed by atoms with Crippen LogP contribution < -0.4 is 15.0 Å². The molecule has 3 rings (SSSR count). The number of ether oxygens (including phenoxy) is 1. The Hall–Kier alpha value is -3.72. The van der Waals surface area contributed by atoms with Gasteiger partial charge in [-0.1, -0.05) is 17.7 Å². The second kappa shape index (κ2) is 8.34. The van der Waals surface area contributed by atoms with Gasteiger partial charge in [0, 0.05) is 22.7 Å². The van der Waals surface area contributed by atoms with Gasteiger partial charge in [-0.2, -0.15) is 0 Å². The number of benzene rings is 2. The van der Waals surface area contributed by atoms with Crippen molar-refractivity contribution in [1.82, 2.24) is 5.32 Å². The van der Waals surface area contributed by atoms with E-state index in [1.165, 1.54) is 30.3 Å². The van der Waals surface area contributed by atoms with Gasteiger partial charge in [0.15, 0.2) is 0 Å². The summed E-state index contributed by atoms with van der Waals surface area (Å²) in [4.78, 5) is 48.7. The van der Waals surface area contributed by atoms with E-state index in [0.717, 1.165) is 6.07 Å². The number of carbonyl (C=O) groups is 3. The van der Waals surface area contributed by atoms with Gasteiger partial charge in [-0.3, -0.25) is 25.0 Å². The highest BCUT2D eigenvalue weighted by Gasteiger charge is 2.37. The Balaban J connectivity index is 2.06. The zero-order chi connectivity index (χ0) is 22.0. The lowest BCUT2D eigenvalue weighted by Crippen LogP contribution is -2.54. The number of nitrogens with one attached hydrogen (secondary N) is 1. The van der Waals surface area contributed by atoms with Gasteiger partial charge < -0.3 is 4.74 Å². The summed E-state index contributed by atoms with van der Waals surface area (Å²) in [5.74, 6) is -1.44. The van der Waals surface area contributed by atoms with Crippen molar-refractivity contribution in [2.24, 2.45) is 0 Å². The number of amides is 4. The molecular weight excluding hydrogens is 414 g/mol. The van der Waals surface area contributed by atoms with Crippen molar-refractivity contribution in [2.75, 3.05) is 4.90 Å². The summed E-state index contributed by atoms with van der Waals surface area (Å²) in [7, 11) is 0. The molecule has 1 heterocycles. The molecule has 0 atom stereocenters. The maximum atomic E-state index is 13.0. The molecule has 1 fully saturated rings. The Morgan fingerprint density at radius 1 is 1.17 bits per heavy atom. The van der Waals surface area contributed by atoms with Crippen LogP contribution >= 0.6 is 11.6 Å². The lowest BCUT2D eigenvalue weighted by Gasteiger charge is -2.26. The first kappa shape index (κ1) is 21.0. The van der Waals surface area contributed by atoms with Gasteiger partial charge in [0.25, 0.3) is 17.5 Å². The number of hydrogen-bond donors (Lipinski definition) is 1. The zero-order valence-corrected chi connectivity index (χ0v) is 16.7. The first-order chi connectivity index (χ1) is 14.2. The van der Waals surface area contributed by atoms with E-state index < -0.39 is 22.8 Å². The topological polar surface area (TPSA) is 119 Å². The van der Waals surface area contributed by atoms with Crippen molar-refractivity contribution < 1.29 is 24.0 Å². The summed E-state index contributed by atoms with van der Waals surface area (Å²) in [5.41, 5.74) is -0.340. The molecule has 30 heavy (non-hydrogen) atoms. The Bertz CT molecular complexity index is 1100. The van der Waals surface area contributed by atoms with E-state index >= 15 is 0 Å². The van der Waals surface area contributed by atoms with Gasteiger partial charge in [-0.05, 0) is 44.2 Å². The maximum Gasteiger partial charge on any atom is 0.335 e. The average Bonchev–Trinajstić information content (AvgIpc) is 2.67. The summed E-state index contributed by atoms with van der Waals surface area (Å²) >= 11 is 6.04. The normalized spacial score (nSPS) is 15.5. The first-order valence-corrected chi connectivity index (χ1v) is 9.17. The quantitative estimate of drug-likeness (QED) is 0.335. The van der Waals surface area contributed by atoms with Gasteiger partial charge in [0.05, 0.1) is 16.7 Å². The predicted octanol–water partition coefficient (Wildman–Crippen LogP) is 3.70. The number of non-ortho nitro benzene ring substituents is 1. The van der Waals surface area contributed by atoms with E-state index in [4.69, 9.17) is 16.3 Å². The molecule has 0 aliphatic carbocycles. The number of halogens is 1. The zero-order valence-electron chi connectivity index (χ0n) is 15.9. The maximum absolute atomic E-state index is 13.0. The molecule has 0 bridgehead atoms. The number of anilines is 1. The van der Waals surface area contributed by atoms with Gasteiger partial charge in [0.2, 0.25) is 0 Å². The molecule has 2 aromatic carbocycles. The van der Waals surface area contributed by atoms with Crippen LogP contribution in [0.2, 0.25) is 5.02 Å². The number of nitrogens with zero attached hydrogens (tertiary/aromatic N) is 2. The highest BCUT2D eigenvalue weighted by molar-refractivity contribution is 6.39. The standard InChI is InChI=1S/C20H16ClN3O6/c1-11(2)30-17-7-6-13(21)8-12(17)9-16-18(25)22-20(27)23(19(16)26)14-4-3-5-15(10-14)24(28)29/h3-11H,1-2H3,(H,22,25,27)/b16-9+. The number of urea groups is 1. The monoisotopic (exact) mass is 429 g/mol. The number of imide groups is 2. The molecule has 2 aromatic rings. The molecule has 0 saturated carbocycles. The fourth-order valence-corrected chi connectivity index (χ4v) is 2.97. The van der Waals surface area contributed by atoms with Gasteiger partial charge >= 0.3 is 6.03 Å². The fourth-order valence-electron chi connectivity index (χ4n) is 2.79. The largest absolute Gasteiger partial charge is 0.490 e. The molecule has 1 saturated heterocycles. The highest BCUT2D eigenvalue weighted by Crippen LogP contribution is 2.29. The molecule has 1 N–H and O–H groups in total. The number of nitro benzene ring substituents is 1. The summed E-state index contributed by atoms with van der Waals surface area (Å²) in [6, 6.07) is 8.68. The van der Waals surface area contributed by atoms with Gasteiger partial charge in [-0.15, -0.1) is 0 Å². The second-order valence-electron chi connectivity index (χ2n) is 6.58. The Morgan fingerprint density at radius 3 is 2.57 bits per heavy atom. The van der Waals surface area contributed by atoms with E-state index in [1.54, 1.807) is 12.1 Å². The molecule has 9 nitrogen and oxygen atoms in total. The number of nitro groups is 1.